The summed E-state index contributed by atoms with van der Waals surface area (Å²) in [5.41, 5.74) is 1.85. The fourth-order valence-electron chi connectivity index (χ4n) is 5.83. The Hall–Kier alpha value is -5.26. The number of rotatable bonds is 7. The quantitative estimate of drug-likeness (QED) is 0.178. The highest BCUT2D eigenvalue weighted by molar-refractivity contribution is 14.1. The molecular formula is C36H36IN3O12. The van der Waals surface area contributed by atoms with Gasteiger partial charge in [0.2, 0.25) is 17.7 Å². The van der Waals surface area contributed by atoms with Gasteiger partial charge in [-0.05, 0) is 65.0 Å². The molecule has 16 heteroatoms. The second-order valence-electron chi connectivity index (χ2n) is 11.7. The van der Waals surface area contributed by atoms with Gasteiger partial charge in [0.15, 0.2) is 0 Å². The van der Waals surface area contributed by atoms with Crippen LogP contribution in [0.3, 0.4) is 0 Å². The van der Waals surface area contributed by atoms with Crippen LogP contribution in [0.2, 0.25) is 0 Å². The fourth-order valence-corrected chi connectivity index (χ4v) is 6.59. The summed E-state index contributed by atoms with van der Waals surface area (Å²) < 4.78 is 15.4. The molecule has 274 valence electrons. The second kappa shape index (κ2) is 17.3. The first-order chi connectivity index (χ1) is 24.7. The Kier molecular flexibility index (Phi) is 13.2. The fraction of sp³-hybridized carbons (Fsp3) is 0.361. The molecule has 6 heterocycles. The van der Waals surface area contributed by atoms with Crippen LogP contribution in [-0.2, 0) is 52.9 Å². The molecule has 0 bridgehead atoms. The molecule has 0 unspecified atom stereocenters. The van der Waals surface area contributed by atoms with Crippen molar-refractivity contribution in [3.8, 4) is 0 Å². The first-order valence-corrected chi connectivity index (χ1v) is 17.7. The minimum Gasteiger partial charge on any atom is -0.426 e. The molecule has 0 atom stereocenters. The summed E-state index contributed by atoms with van der Waals surface area (Å²) in [5, 5.41) is 6.67. The summed E-state index contributed by atoms with van der Waals surface area (Å²) in [6.07, 6.45) is 8.11. The van der Waals surface area contributed by atoms with Crippen molar-refractivity contribution >= 4 is 64.1 Å². The molecule has 15 nitrogen and oxygen atoms in total. The SMILES string of the molecule is CCCC/C=C/c1c(CC)c2c(oc1=O)CC(=O)NC2=O.CCc1c2c(oc(=O)c1I)CC(=O)NC2=O.CCc1cc(=O)oc2c1C(=O)NC(=O)C2. The normalized spacial score (nSPS) is 14.6. The van der Waals surface area contributed by atoms with E-state index in [1.165, 1.54) is 6.07 Å². The lowest BCUT2D eigenvalue weighted by Gasteiger charge is -2.17. The first-order valence-electron chi connectivity index (χ1n) is 16.6. The lowest BCUT2D eigenvalue weighted by Crippen LogP contribution is -2.39. The Balaban J connectivity index is 0.000000178. The molecule has 0 aromatic carbocycles. The Morgan fingerprint density at radius 3 is 1.62 bits per heavy atom. The number of carbonyl (C=O) groups excluding carboxylic acids is 6. The van der Waals surface area contributed by atoms with E-state index in [0.717, 1.165) is 19.3 Å². The molecule has 3 aliphatic heterocycles. The molecular weight excluding hydrogens is 793 g/mol. The van der Waals surface area contributed by atoms with Gasteiger partial charge < -0.3 is 13.3 Å². The third kappa shape index (κ3) is 8.78. The van der Waals surface area contributed by atoms with E-state index >= 15 is 0 Å². The minimum atomic E-state index is -0.520. The summed E-state index contributed by atoms with van der Waals surface area (Å²) in [6.45, 7) is 7.65. The predicted molar refractivity (Wildman–Crippen MR) is 193 cm³/mol. The summed E-state index contributed by atoms with van der Waals surface area (Å²) in [6, 6.07) is 1.29. The molecule has 3 aromatic heterocycles. The molecule has 52 heavy (non-hydrogen) atoms. The van der Waals surface area contributed by atoms with Gasteiger partial charge in [0, 0.05) is 6.07 Å². The zero-order valence-corrected chi connectivity index (χ0v) is 31.0. The smallest absolute Gasteiger partial charge is 0.349 e. The van der Waals surface area contributed by atoms with Crippen molar-refractivity contribution in [1.29, 1.82) is 0 Å². The monoisotopic (exact) mass is 829 g/mol. The van der Waals surface area contributed by atoms with Crippen molar-refractivity contribution in [2.75, 3.05) is 0 Å². The number of hydrogen-bond acceptors (Lipinski definition) is 12. The zero-order chi connectivity index (χ0) is 38.3. The number of fused-ring (bicyclic) bond motifs is 3. The molecule has 0 radical (unpaired) electrons. The van der Waals surface area contributed by atoms with E-state index in [-0.39, 0.29) is 36.5 Å². The van der Waals surface area contributed by atoms with Gasteiger partial charge in [-0.15, -0.1) is 0 Å². The minimum absolute atomic E-state index is 0.0514. The highest BCUT2D eigenvalue weighted by atomic mass is 127. The Morgan fingerprint density at radius 1 is 0.635 bits per heavy atom. The highest BCUT2D eigenvalue weighted by Crippen LogP contribution is 2.23. The second-order valence-corrected chi connectivity index (χ2v) is 12.8. The molecule has 3 aromatic rings. The number of allylic oxidation sites excluding steroid dienone is 1. The number of hydrogen-bond donors (Lipinski definition) is 3. The van der Waals surface area contributed by atoms with Crippen LogP contribution in [0.25, 0.3) is 6.08 Å². The summed E-state index contributed by atoms with van der Waals surface area (Å²) in [5.74, 6) is -2.24. The maximum absolute atomic E-state index is 12.1. The van der Waals surface area contributed by atoms with Crippen LogP contribution in [0.15, 0.2) is 39.8 Å². The van der Waals surface area contributed by atoms with Crippen LogP contribution >= 0.6 is 22.6 Å². The van der Waals surface area contributed by atoms with Crippen molar-refractivity contribution in [3.63, 3.8) is 0 Å². The average molecular weight is 830 g/mol. The van der Waals surface area contributed by atoms with E-state index in [1.807, 2.05) is 49.4 Å². The van der Waals surface area contributed by atoms with Crippen molar-refractivity contribution in [2.45, 2.75) is 85.5 Å². The lowest BCUT2D eigenvalue weighted by molar-refractivity contribution is -0.121. The third-order valence-corrected chi connectivity index (χ3v) is 9.29. The van der Waals surface area contributed by atoms with Crippen LogP contribution < -0.4 is 32.8 Å². The van der Waals surface area contributed by atoms with Gasteiger partial charge in [-0.25, -0.2) is 14.4 Å². The van der Waals surface area contributed by atoms with Crippen LogP contribution in [0.4, 0.5) is 0 Å². The van der Waals surface area contributed by atoms with Gasteiger partial charge in [0.1, 0.15) is 20.9 Å². The predicted octanol–water partition coefficient (Wildman–Crippen LogP) is 2.85. The number of amides is 6. The van der Waals surface area contributed by atoms with Gasteiger partial charge in [-0.3, -0.25) is 44.7 Å². The van der Waals surface area contributed by atoms with Gasteiger partial charge in [0.05, 0.1) is 41.5 Å². The van der Waals surface area contributed by atoms with E-state index in [0.29, 0.717) is 61.8 Å². The summed E-state index contributed by atoms with van der Waals surface area (Å²) in [4.78, 5) is 103. The number of carbonyl (C=O) groups is 6. The van der Waals surface area contributed by atoms with Gasteiger partial charge >= 0.3 is 16.9 Å². The molecule has 0 aliphatic carbocycles. The molecule has 0 spiro atoms. The van der Waals surface area contributed by atoms with Crippen LogP contribution in [0, 0.1) is 3.57 Å². The van der Waals surface area contributed by atoms with E-state index in [2.05, 4.69) is 22.9 Å². The van der Waals surface area contributed by atoms with Crippen molar-refractivity contribution < 1.29 is 42.0 Å². The Morgan fingerprint density at radius 2 is 1.12 bits per heavy atom. The molecule has 6 rings (SSSR count). The number of nitrogens with one attached hydrogen (secondary N) is 3. The molecule has 0 fully saturated rings. The van der Waals surface area contributed by atoms with Crippen molar-refractivity contribution in [1.82, 2.24) is 16.0 Å². The Bertz CT molecular complexity index is 2190. The van der Waals surface area contributed by atoms with Crippen LogP contribution in [0.1, 0.15) is 118 Å². The van der Waals surface area contributed by atoms with E-state index in [1.54, 1.807) is 6.08 Å². The number of unbranched alkanes of at least 4 members (excludes halogenated alkanes) is 2. The lowest BCUT2D eigenvalue weighted by atomic mass is 9.95. The summed E-state index contributed by atoms with van der Waals surface area (Å²) >= 11 is 1.86. The number of imide groups is 3. The zero-order valence-electron chi connectivity index (χ0n) is 28.9. The van der Waals surface area contributed by atoms with Crippen molar-refractivity contribution in [3.05, 3.63) is 103 Å². The first kappa shape index (κ1) is 39.5. The molecule has 0 saturated carbocycles. The topological polar surface area (TPSA) is 229 Å². The number of aryl methyl sites for hydroxylation is 1. The molecule has 3 N–H and O–H groups in total. The van der Waals surface area contributed by atoms with Crippen LogP contribution in [0.5, 0.6) is 0 Å². The largest absolute Gasteiger partial charge is 0.426 e. The molecule has 3 aliphatic rings. The van der Waals surface area contributed by atoms with Crippen LogP contribution in [-0.4, -0.2) is 35.4 Å². The van der Waals surface area contributed by atoms with Gasteiger partial charge in [-0.1, -0.05) is 52.7 Å². The standard InChI is InChI=1S/C16H19NO4.C10H8INO4.C10H9NO4/c1-3-5-6-7-8-11-10(4-2)14-12(21-16(11)20)9-13(18)17-15(14)19;1-2-4-7-5(16-10(15)8(4)11)3-6(13)12-9(7)14;1-2-5-3-8(13)15-6-4-7(12)11-10(14)9(5)6/h7-8H,3-6,9H2,1-2H3,(H,17,18,19);2-3H2,1H3,(H,12,13,14);3H,2,4H2,1H3,(H,11,12,14)/b8-7+;;. The van der Waals surface area contributed by atoms with Gasteiger partial charge in [0.25, 0.3) is 17.7 Å². The maximum Gasteiger partial charge on any atom is 0.349 e. The van der Waals surface area contributed by atoms with Gasteiger partial charge in [-0.2, -0.15) is 0 Å². The average Bonchev–Trinajstić information content (AvgIpc) is 3.07. The van der Waals surface area contributed by atoms with E-state index in [4.69, 9.17) is 13.3 Å². The Labute approximate surface area is 309 Å². The van der Waals surface area contributed by atoms with E-state index < -0.39 is 52.3 Å². The molecule has 6 amide bonds. The van der Waals surface area contributed by atoms with Crippen molar-refractivity contribution in [2.24, 2.45) is 0 Å². The van der Waals surface area contributed by atoms with E-state index in [9.17, 15) is 43.2 Å². The summed E-state index contributed by atoms with van der Waals surface area (Å²) in [7, 11) is 0. The third-order valence-electron chi connectivity index (χ3n) is 8.20. The highest BCUT2D eigenvalue weighted by Gasteiger charge is 2.31. The number of halogens is 1. The molecule has 0 saturated heterocycles. The maximum atomic E-state index is 12.1.